The fourth-order valence-electron chi connectivity index (χ4n) is 1.00. The summed E-state index contributed by atoms with van der Waals surface area (Å²) in [5.41, 5.74) is 0.273. The van der Waals surface area contributed by atoms with E-state index in [0.717, 1.165) is 12.1 Å². The minimum atomic E-state index is -0.898. The van der Waals surface area contributed by atoms with Crippen molar-refractivity contribution in [1.82, 2.24) is 0 Å². The summed E-state index contributed by atoms with van der Waals surface area (Å²) in [6, 6.07) is 4.18. The maximum atomic E-state index is 13.0. The predicted molar refractivity (Wildman–Crippen MR) is 43.6 cm³/mol. The van der Waals surface area contributed by atoms with Gasteiger partial charge in [-0.1, -0.05) is 12.1 Å². The average Bonchev–Trinajstić information content (AvgIpc) is 2.04. The van der Waals surface area contributed by atoms with Gasteiger partial charge < -0.3 is 0 Å². The molecule has 0 aliphatic heterocycles. The zero-order valence-corrected chi connectivity index (χ0v) is 6.87. The quantitative estimate of drug-likeness (QED) is 0.485. The van der Waals surface area contributed by atoms with Crippen LogP contribution >= 0.6 is 0 Å². The van der Waals surface area contributed by atoms with Crippen LogP contribution in [-0.4, -0.2) is 12.0 Å². The summed E-state index contributed by atoms with van der Waals surface area (Å²) in [4.78, 5) is 23.6. The standard InChI is InChI=1S/C9H6FNO2/c1-6-3-2-4-7(10)8(6)9(13)11-5-12/h2-4H,1H3. The van der Waals surface area contributed by atoms with Crippen molar-refractivity contribution in [2.45, 2.75) is 6.92 Å². The number of carbonyl (C=O) groups is 1. The lowest BCUT2D eigenvalue weighted by atomic mass is 10.1. The number of hydrogen-bond acceptors (Lipinski definition) is 2. The second kappa shape index (κ2) is 3.74. The number of amides is 1. The molecule has 4 heteroatoms. The Hall–Kier alpha value is -1.80. The molecule has 0 saturated carbocycles. The summed E-state index contributed by atoms with van der Waals surface area (Å²) in [6.45, 7) is 1.57. The Morgan fingerprint density at radius 2 is 2.23 bits per heavy atom. The molecule has 0 aliphatic rings. The SMILES string of the molecule is Cc1cccc(F)c1C(=O)N=C=O. The van der Waals surface area contributed by atoms with E-state index < -0.39 is 11.7 Å². The third-order valence-corrected chi connectivity index (χ3v) is 1.58. The van der Waals surface area contributed by atoms with Crippen molar-refractivity contribution in [1.29, 1.82) is 0 Å². The second-order valence-electron chi connectivity index (χ2n) is 2.44. The van der Waals surface area contributed by atoms with Crippen LogP contribution in [0.2, 0.25) is 0 Å². The molecule has 0 aromatic heterocycles. The molecule has 66 valence electrons. The van der Waals surface area contributed by atoms with E-state index in [1.54, 1.807) is 13.0 Å². The van der Waals surface area contributed by atoms with Gasteiger partial charge in [-0.15, -0.1) is 4.99 Å². The number of aryl methyl sites for hydroxylation is 1. The van der Waals surface area contributed by atoms with Gasteiger partial charge in [0.25, 0.3) is 5.91 Å². The van der Waals surface area contributed by atoms with Crippen molar-refractivity contribution in [3.8, 4) is 0 Å². The first-order valence-electron chi connectivity index (χ1n) is 3.54. The molecule has 0 spiro atoms. The summed E-state index contributed by atoms with van der Waals surface area (Å²) in [7, 11) is 0. The summed E-state index contributed by atoms with van der Waals surface area (Å²) in [6.07, 6.45) is 1.08. The van der Waals surface area contributed by atoms with E-state index in [1.165, 1.54) is 6.07 Å². The molecular formula is C9H6FNO2. The second-order valence-corrected chi connectivity index (χ2v) is 2.44. The van der Waals surface area contributed by atoms with Gasteiger partial charge in [0.05, 0.1) is 5.56 Å². The zero-order valence-electron chi connectivity index (χ0n) is 6.87. The largest absolute Gasteiger partial charge is 0.290 e. The van der Waals surface area contributed by atoms with E-state index in [2.05, 4.69) is 4.99 Å². The molecule has 0 N–H and O–H groups in total. The number of rotatable bonds is 1. The molecule has 0 aliphatic carbocycles. The fourth-order valence-corrected chi connectivity index (χ4v) is 1.00. The molecule has 0 saturated heterocycles. The molecular weight excluding hydrogens is 173 g/mol. The van der Waals surface area contributed by atoms with Crippen molar-refractivity contribution >= 4 is 12.0 Å². The zero-order chi connectivity index (χ0) is 9.84. The van der Waals surface area contributed by atoms with Gasteiger partial charge in [0.1, 0.15) is 5.82 Å². The van der Waals surface area contributed by atoms with E-state index in [-0.39, 0.29) is 5.56 Å². The van der Waals surface area contributed by atoms with Crippen LogP contribution in [0.15, 0.2) is 23.2 Å². The first-order chi connectivity index (χ1) is 6.16. The minimum Gasteiger partial charge on any atom is -0.266 e. The Kier molecular flexibility index (Phi) is 2.67. The van der Waals surface area contributed by atoms with Gasteiger partial charge in [0.2, 0.25) is 6.08 Å². The van der Waals surface area contributed by atoms with Crippen LogP contribution in [0, 0.1) is 12.7 Å². The van der Waals surface area contributed by atoms with Crippen molar-refractivity contribution in [3.63, 3.8) is 0 Å². The first-order valence-corrected chi connectivity index (χ1v) is 3.54. The Labute approximate surface area is 73.9 Å². The predicted octanol–water partition coefficient (Wildman–Crippen LogP) is 1.61. The van der Waals surface area contributed by atoms with Crippen molar-refractivity contribution in [3.05, 3.63) is 35.1 Å². The van der Waals surface area contributed by atoms with E-state index in [0.29, 0.717) is 5.56 Å². The molecule has 0 radical (unpaired) electrons. The third-order valence-electron chi connectivity index (χ3n) is 1.58. The van der Waals surface area contributed by atoms with Gasteiger partial charge in [-0.2, -0.15) is 0 Å². The van der Waals surface area contributed by atoms with Crippen LogP contribution in [-0.2, 0) is 4.79 Å². The average molecular weight is 179 g/mol. The van der Waals surface area contributed by atoms with Crippen LogP contribution in [0.1, 0.15) is 15.9 Å². The fraction of sp³-hybridized carbons (Fsp3) is 0.111. The molecule has 13 heavy (non-hydrogen) atoms. The Balaban J connectivity index is 3.27. The highest BCUT2D eigenvalue weighted by molar-refractivity contribution is 5.98. The number of isocyanates is 1. The number of benzene rings is 1. The van der Waals surface area contributed by atoms with Gasteiger partial charge in [0.15, 0.2) is 0 Å². The first kappa shape index (κ1) is 9.29. The monoisotopic (exact) mass is 179 g/mol. The van der Waals surface area contributed by atoms with E-state index in [1.807, 2.05) is 0 Å². The van der Waals surface area contributed by atoms with Gasteiger partial charge in [-0.25, -0.2) is 9.18 Å². The molecule has 0 bridgehead atoms. The number of halogens is 1. The lowest BCUT2D eigenvalue weighted by Gasteiger charge is -2.00. The maximum absolute atomic E-state index is 13.0. The van der Waals surface area contributed by atoms with E-state index >= 15 is 0 Å². The highest BCUT2D eigenvalue weighted by atomic mass is 19.1. The third kappa shape index (κ3) is 1.86. The molecule has 0 heterocycles. The van der Waals surface area contributed by atoms with Crippen LogP contribution in [0.25, 0.3) is 0 Å². The van der Waals surface area contributed by atoms with Gasteiger partial charge in [0, 0.05) is 0 Å². The molecule has 0 atom stereocenters. The lowest BCUT2D eigenvalue weighted by molar-refractivity contribution is 0.0998. The van der Waals surface area contributed by atoms with E-state index in [4.69, 9.17) is 0 Å². The molecule has 1 rings (SSSR count). The Morgan fingerprint density at radius 3 is 2.77 bits per heavy atom. The van der Waals surface area contributed by atoms with Crippen LogP contribution in [0.4, 0.5) is 4.39 Å². The highest BCUT2D eigenvalue weighted by Crippen LogP contribution is 2.13. The lowest BCUT2D eigenvalue weighted by Crippen LogP contribution is -2.01. The number of nitrogens with zero attached hydrogens (tertiary/aromatic N) is 1. The van der Waals surface area contributed by atoms with Crippen molar-refractivity contribution in [2.24, 2.45) is 4.99 Å². The van der Waals surface area contributed by atoms with Gasteiger partial charge in [-0.05, 0) is 18.6 Å². The summed E-state index contributed by atoms with van der Waals surface area (Å²) in [5.74, 6) is -1.57. The molecule has 0 unspecified atom stereocenters. The van der Waals surface area contributed by atoms with Gasteiger partial charge in [-0.3, -0.25) is 4.79 Å². The Morgan fingerprint density at radius 1 is 1.54 bits per heavy atom. The summed E-state index contributed by atoms with van der Waals surface area (Å²) < 4.78 is 13.0. The van der Waals surface area contributed by atoms with Crippen molar-refractivity contribution < 1.29 is 14.0 Å². The van der Waals surface area contributed by atoms with E-state index in [9.17, 15) is 14.0 Å². The number of aliphatic imine (C=N–C) groups is 1. The topological polar surface area (TPSA) is 46.5 Å². The van der Waals surface area contributed by atoms with Crippen LogP contribution in [0.5, 0.6) is 0 Å². The number of hydrogen-bond donors (Lipinski definition) is 0. The number of carbonyl (C=O) groups excluding carboxylic acids is 2. The molecule has 1 aromatic rings. The summed E-state index contributed by atoms with van der Waals surface area (Å²) >= 11 is 0. The summed E-state index contributed by atoms with van der Waals surface area (Å²) in [5, 5.41) is 0. The normalized spacial score (nSPS) is 9.08. The molecule has 1 aromatic carbocycles. The highest BCUT2D eigenvalue weighted by Gasteiger charge is 2.12. The van der Waals surface area contributed by atoms with Crippen molar-refractivity contribution in [2.75, 3.05) is 0 Å². The smallest absolute Gasteiger partial charge is 0.266 e. The van der Waals surface area contributed by atoms with Gasteiger partial charge >= 0.3 is 0 Å². The molecule has 3 nitrogen and oxygen atoms in total. The molecule has 1 amide bonds. The minimum absolute atomic E-state index is 0.175. The Bertz CT molecular complexity index is 374. The van der Waals surface area contributed by atoms with Crippen LogP contribution in [0.3, 0.4) is 0 Å². The molecule has 0 fully saturated rings. The maximum Gasteiger partial charge on any atom is 0.290 e. The van der Waals surface area contributed by atoms with Crippen LogP contribution < -0.4 is 0 Å².